The molecule has 1 saturated heterocycles. The first-order chi connectivity index (χ1) is 9.85. The van der Waals surface area contributed by atoms with E-state index in [1.807, 2.05) is 13.0 Å². The highest BCUT2D eigenvalue weighted by molar-refractivity contribution is 5.29. The van der Waals surface area contributed by atoms with Crippen molar-refractivity contribution in [3.05, 3.63) is 30.2 Å². The minimum atomic E-state index is 0.700. The SMILES string of the molecule is CCc1noc(CN2CCN(c3ncccn3)CC2)n1. The van der Waals surface area contributed by atoms with E-state index >= 15 is 0 Å². The van der Waals surface area contributed by atoms with Crippen LogP contribution in [0.25, 0.3) is 0 Å². The predicted octanol–water partition coefficient (Wildman–Crippen LogP) is 0.744. The van der Waals surface area contributed by atoms with Crippen molar-refractivity contribution in [1.29, 1.82) is 0 Å². The maximum atomic E-state index is 5.23. The van der Waals surface area contributed by atoms with E-state index in [0.717, 1.165) is 50.9 Å². The molecule has 0 N–H and O–H groups in total. The summed E-state index contributed by atoms with van der Waals surface area (Å²) in [5.41, 5.74) is 0. The Morgan fingerprint density at radius 3 is 2.55 bits per heavy atom. The van der Waals surface area contributed by atoms with Gasteiger partial charge in [-0.15, -0.1) is 0 Å². The minimum Gasteiger partial charge on any atom is -0.338 e. The Morgan fingerprint density at radius 2 is 1.90 bits per heavy atom. The fraction of sp³-hybridized carbons (Fsp3) is 0.538. The molecular weight excluding hydrogens is 256 g/mol. The minimum absolute atomic E-state index is 0.700. The zero-order chi connectivity index (χ0) is 13.8. The normalized spacial score (nSPS) is 16.6. The van der Waals surface area contributed by atoms with Gasteiger partial charge in [0.25, 0.3) is 0 Å². The van der Waals surface area contributed by atoms with Crippen LogP contribution in [0.5, 0.6) is 0 Å². The van der Waals surface area contributed by atoms with Crippen molar-refractivity contribution >= 4 is 5.95 Å². The highest BCUT2D eigenvalue weighted by Gasteiger charge is 2.20. The van der Waals surface area contributed by atoms with Crippen LogP contribution < -0.4 is 4.90 Å². The Morgan fingerprint density at radius 1 is 1.15 bits per heavy atom. The lowest BCUT2D eigenvalue weighted by molar-refractivity contribution is 0.214. The monoisotopic (exact) mass is 274 g/mol. The molecule has 2 aromatic rings. The van der Waals surface area contributed by atoms with Crippen LogP contribution in [-0.2, 0) is 13.0 Å². The van der Waals surface area contributed by atoms with Gasteiger partial charge in [0.2, 0.25) is 11.8 Å². The van der Waals surface area contributed by atoms with Gasteiger partial charge in [0, 0.05) is 45.0 Å². The topological polar surface area (TPSA) is 71.2 Å². The zero-order valence-corrected chi connectivity index (χ0v) is 11.6. The molecule has 1 aliphatic heterocycles. The largest absolute Gasteiger partial charge is 0.338 e. The summed E-state index contributed by atoms with van der Waals surface area (Å²) in [7, 11) is 0. The molecule has 0 atom stereocenters. The number of anilines is 1. The summed E-state index contributed by atoms with van der Waals surface area (Å²) in [5.74, 6) is 2.28. The summed E-state index contributed by atoms with van der Waals surface area (Å²) in [5, 5.41) is 3.92. The first-order valence-electron chi connectivity index (χ1n) is 6.91. The third-order valence-corrected chi connectivity index (χ3v) is 3.39. The second-order valence-electron chi connectivity index (χ2n) is 4.77. The second kappa shape index (κ2) is 5.96. The molecule has 0 bridgehead atoms. The average molecular weight is 274 g/mol. The molecule has 0 saturated carbocycles. The lowest BCUT2D eigenvalue weighted by atomic mass is 10.3. The number of piperazine rings is 1. The van der Waals surface area contributed by atoms with E-state index in [1.165, 1.54) is 0 Å². The van der Waals surface area contributed by atoms with Crippen LogP contribution in [0, 0.1) is 0 Å². The second-order valence-corrected chi connectivity index (χ2v) is 4.77. The Bertz CT molecular complexity index is 535. The number of aromatic nitrogens is 4. The van der Waals surface area contributed by atoms with Crippen molar-refractivity contribution in [3.8, 4) is 0 Å². The van der Waals surface area contributed by atoms with E-state index < -0.39 is 0 Å². The summed E-state index contributed by atoms with van der Waals surface area (Å²) in [4.78, 5) is 17.4. The van der Waals surface area contributed by atoms with Crippen molar-refractivity contribution < 1.29 is 4.52 Å². The summed E-state index contributed by atoms with van der Waals surface area (Å²) < 4.78 is 5.23. The van der Waals surface area contributed by atoms with Gasteiger partial charge in [-0.25, -0.2) is 9.97 Å². The smallest absolute Gasteiger partial charge is 0.240 e. The van der Waals surface area contributed by atoms with Gasteiger partial charge in [-0.1, -0.05) is 12.1 Å². The molecule has 3 rings (SSSR count). The molecular formula is C13H18N6O. The molecule has 0 radical (unpaired) electrons. The van der Waals surface area contributed by atoms with Crippen molar-refractivity contribution in [1.82, 2.24) is 25.0 Å². The van der Waals surface area contributed by atoms with E-state index in [1.54, 1.807) is 12.4 Å². The molecule has 7 heteroatoms. The molecule has 0 aliphatic carbocycles. The quantitative estimate of drug-likeness (QED) is 0.814. The highest BCUT2D eigenvalue weighted by Crippen LogP contribution is 2.11. The Hall–Kier alpha value is -2.02. The van der Waals surface area contributed by atoms with E-state index in [4.69, 9.17) is 4.52 Å². The molecule has 7 nitrogen and oxygen atoms in total. The van der Waals surface area contributed by atoms with Gasteiger partial charge in [-0.05, 0) is 6.07 Å². The van der Waals surface area contributed by atoms with Crippen molar-refractivity contribution in [2.24, 2.45) is 0 Å². The third-order valence-electron chi connectivity index (χ3n) is 3.39. The summed E-state index contributed by atoms with van der Waals surface area (Å²) >= 11 is 0. The molecule has 0 spiro atoms. The van der Waals surface area contributed by atoms with E-state index in [-0.39, 0.29) is 0 Å². The molecule has 106 valence electrons. The number of hydrogen-bond donors (Lipinski definition) is 0. The molecule has 3 heterocycles. The predicted molar refractivity (Wildman–Crippen MR) is 73.2 cm³/mol. The first-order valence-corrected chi connectivity index (χ1v) is 6.91. The van der Waals surface area contributed by atoms with Crippen LogP contribution in [-0.4, -0.2) is 51.2 Å². The fourth-order valence-corrected chi connectivity index (χ4v) is 2.25. The van der Waals surface area contributed by atoms with Crippen LogP contribution in [0.2, 0.25) is 0 Å². The molecule has 2 aromatic heterocycles. The van der Waals surface area contributed by atoms with Crippen LogP contribution >= 0.6 is 0 Å². The standard InChI is InChI=1S/C13H18N6O/c1-2-11-16-12(20-17-11)10-18-6-8-19(9-7-18)13-14-4-3-5-15-13/h3-5H,2,6-10H2,1H3. The Labute approximate surface area is 117 Å². The molecule has 1 fully saturated rings. The Balaban J connectivity index is 1.53. The number of hydrogen-bond acceptors (Lipinski definition) is 7. The van der Waals surface area contributed by atoms with Crippen LogP contribution in [0.3, 0.4) is 0 Å². The number of nitrogens with zero attached hydrogens (tertiary/aromatic N) is 6. The number of aryl methyl sites for hydroxylation is 1. The molecule has 0 aromatic carbocycles. The molecule has 1 aliphatic rings. The van der Waals surface area contributed by atoms with Gasteiger partial charge >= 0.3 is 0 Å². The van der Waals surface area contributed by atoms with Crippen LogP contribution in [0.1, 0.15) is 18.6 Å². The summed E-state index contributed by atoms with van der Waals surface area (Å²) in [6.07, 6.45) is 4.36. The fourth-order valence-electron chi connectivity index (χ4n) is 2.25. The maximum Gasteiger partial charge on any atom is 0.240 e. The Kier molecular flexibility index (Phi) is 3.87. The van der Waals surface area contributed by atoms with E-state index in [2.05, 4.69) is 29.9 Å². The van der Waals surface area contributed by atoms with Crippen LogP contribution in [0.4, 0.5) is 5.95 Å². The lowest BCUT2D eigenvalue weighted by Gasteiger charge is -2.33. The molecule has 0 amide bonds. The molecule has 0 unspecified atom stereocenters. The average Bonchev–Trinajstić information content (AvgIpc) is 2.97. The summed E-state index contributed by atoms with van der Waals surface area (Å²) in [6.45, 7) is 6.46. The lowest BCUT2D eigenvalue weighted by Crippen LogP contribution is -2.46. The highest BCUT2D eigenvalue weighted by atomic mass is 16.5. The van der Waals surface area contributed by atoms with Gasteiger partial charge in [0.1, 0.15) is 0 Å². The van der Waals surface area contributed by atoms with Crippen LogP contribution in [0.15, 0.2) is 23.0 Å². The van der Waals surface area contributed by atoms with Crippen molar-refractivity contribution in [3.63, 3.8) is 0 Å². The van der Waals surface area contributed by atoms with Crippen molar-refractivity contribution in [2.75, 3.05) is 31.1 Å². The van der Waals surface area contributed by atoms with Gasteiger partial charge in [0.05, 0.1) is 6.54 Å². The van der Waals surface area contributed by atoms with E-state index in [9.17, 15) is 0 Å². The van der Waals surface area contributed by atoms with Crippen molar-refractivity contribution in [2.45, 2.75) is 19.9 Å². The van der Waals surface area contributed by atoms with Gasteiger partial charge in [-0.2, -0.15) is 4.98 Å². The van der Waals surface area contributed by atoms with Gasteiger partial charge in [-0.3, -0.25) is 4.90 Å². The third kappa shape index (κ3) is 2.93. The van der Waals surface area contributed by atoms with Gasteiger partial charge < -0.3 is 9.42 Å². The molecule has 20 heavy (non-hydrogen) atoms. The maximum absolute atomic E-state index is 5.23. The summed E-state index contributed by atoms with van der Waals surface area (Å²) in [6, 6.07) is 1.83. The van der Waals surface area contributed by atoms with E-state index in [0.29, 0.717) is 5.89 Å². The van der Waals surface area contributed by atoms with Gasteiger partial charge in [0.15, 0.2) is 5.82 Å². The zero-order valence-electron chi connectivity index (χ0n) is 11.6. The number of rotatable bonds is 4. The first kappa shape index (κ1) is 13.0.